The first-order valence-corrected chi connectivity index (χ1v) is 19.4. The molecule has 2 N–H and O–H groups in total. The molecule has 0 saturated heterocycles. The van der Waals surface area contributed by atoms with E-state index in [-0.39, 0.29) is 27.2 Å². The summed E-state index contributed by atoms with van der Waals surface area (Å²) in [6, 6.07) is 14.5. The lowest BCUT2D eigenvalue weighted by molar-refractivity contribution is -0.118. The summed E-state index contributed by atoms with van der Waals surface area (Å²) in [6.07, 6.45) is 0. The maximum absolute atomic E-state index is 14.3. The Morgan fingerprint density at radius 1 is 0.774 bits per heavy atom. The number of benzene rings is 2. The van der Waals surface area contributed by atoms with E-state index in [1.165, 1.54) is 50.6 Å². The van der Waals surface area contributed by atoms with Gasteiger partial charge in [0.05, 0.1) is 27.9 Å². The number of hydrogen-bond donors (Lipinski definition) is 2. The van der Waals surface area contributed by atoms with Gasteiger partial charge >= 0.3 is 0 Å². The molecular weight excluding hydrogens is 724 g/mol. The van der Waals surface area contributed by atoms with E-state index in [0.29, 0.717) is 11.5 Å². The summed E-state index contributed by atoms with van der Waals surface area (Å²) >= 11 is 0. The van der Waals surface area contributed by atoms with Gasteiger partial charge in [0.1, 0.15) is 26.0 Å². The van der Waals surface area contributed by atoms with Crippen molar-refractivity contribution >= 4 is 43.2 Å². The van der Waals surface area contributed by atoms with E-state index in [1.807, 2.05) is 48.5 Å². The van der Waals surface area contributed by atoms with Gasteiger partial charge in [-0.2, -0.15) is 10.4 Å². The van der Waals surface area contributed by atoms with Gasteiger partial charge in [0.25, 0.3) is 0 Å². The van der Waals surface area contributed by atoms with Crippen LogP contribution >= 0.6 is 0 Å². The van der Waals surface area contributed by atoms with Crippen LogP contribution in [0.5, 0.6) is 0 Å². The highest BCUT2D eigenvalue weighted by Gasteiger charge is 2.45. The zero-order valence-electron chi connectivity index (χ0n) is 32.0. The Hall–Kier alpha value is -4.88. The van der Waals surface area contributed by atoms with Gasteiger partial charge in [0.2, 0.25) is 17.7 Å². The Kier molecular flexibility index (Phi) is 11.9. The molecule has 53 heavy (non-hydrogen) atoms. The zero-order chi connectivity index (χ0) is 40.5. The number of amides is 2. The molecule has 2 amide bonds. The van der Waals surface area contributed by atoms with Gasteiger partial charge in [0.15, 0.2) is 19.7 Å². The van der Waals surface area contributed by atoms with Crippen molar-refractivity contribution in [2.24, 2.45) is 7.05 Å². The van der Waals surface area contributed by atoms with Gasteiger partial charge in [-0.25, -0.2) is 21.2 Å². The summed E-state index contributed by atoms with van der Waals surface area (Å²) in [7, 11) is -6.61. The molecule has 4 aromatic rings. The lowest BCUT2D eigenvalue weighted by Gasteiger charge is -2.24. The van der Waals surface area contributed by atoms with E-state index in [0.717, 1.165) is 23.4 Å². The summed E-state index contributed by atoms with van der Waals surface area (Å²) in [5.41, 5.74) is 1.83. The Morgan fingerprint density at radius 3 is 1.77 bits per heavy atom. The fourth-order valence-electron chi connectivity index (χ4n) is 4.49. The van der Waals surface area contributed by atoms with Crippen molar-refractivity contribution in [3.8, 4) is 6.07 Å². The number of halogens is 1. The fraction of sp³-hybridized carbons (Fsp3) is 0.432. The molecule has 286 valence electrons. The molecule has 0 saturated carbocycles. The molecule has 2 aromatic carbocycles. The second-order valence-electron chi connectivity index (χ2n) is 15.6. The van der Waals surface area contributed by atoms with Crippen LogP contribution in [-0.4, -0.2) is 53.1 Å². The third-order valence-electron chi connectivity index (χ3n) is 8.52. The number of aryl methyl sites for hydroxylation is 2. The average molecular weight is 771 g/mol. The van der Waals surface area contributed by atoms with Crippen LogP contribution in [0.4, 0.5) is 16.1 Å². The van der Waals surface area contributed by atoms with Gasteiger partial charge in [-0.15, -0.1) is 0 Å². The number of rotatable bonds is 8. The highest BCUT2D eigenvalue weighted by atomic mass is 32.2. The number of aromatic nitrogens is 3. The van der Waals surface area contributed by atoms with Crippen LogP contribution in [0.3, 0.4) is 0 Å². The van der Waals surface area contributed by atoms with Crippen molar-refractivity contribution in [3.05, 3.63) is 82.9 Å². The Labute approximate surface area is 310 Å². The smallest absolute Gasteiger partial charge is 0.248 e. The van der Waals surface area contributed by atoms with Crippen molar-refractivity contribution in [2.45, 2.75) is 106 Å². The van der Waals surface area contributed by atoms with Crippen molar-refractivity contribution in [2.75, 3.05) is 10.6 Å². The van der Waals surface area contributed by atoms with Gasteiger partial charge in [0, 0.05) is 30.0 Å². The minimum absolute atomic E-state index is 0.0108. The van der Waals surface area contributed by atoms with Crippen LogP contribution < -0.4 is 10.6 Å². The van der Waals surface area contributed by atoms with E-state index in [1.54, 1.807) is 37.4 Å². The van der Waals surface area contributed by atoms with Gasteiger partial charge in [-0.3, -0.25) is 19.6 Å². The molecular formula is C37H47FN6O7S2. The van der Waals surface area contributed by atoms with Crippen molar-refractivity contribution in [1.82, 2.24) is 14.9 Å². The molecule has 0 radical (unpaired) electrons. The summed E-state index contributed by atoms with van der Waals surface area (Å²) in [5, 5.41) is 22.1. The first kappa shape index (κ1) is 42.5. The lowest BCUT2D eigenvalue weighted by atomic mass is 9.92. The van der Waals surface area contributed by atoms with Gasteiger partial charge in [-0.1, -0.05) is 64.4 Å². The normalized spacial score (nSPS) is 12.7. The topological polar surface area (TPSA) is 194 Å². The van der Waals surface area contributed by atoms with E-state index in [9.17, 15) is 30.8 Å². The maximum atomic E-state index is 14.3. The highest BCUT2D eigenvalue weighted by Crippen LogP contribution is 2.31. The predicted molar refractivity (Wildman–Crippen MR) is 199 cm³/mol. The number of nitriles is 1. The maximum Gasteiger partial charge on any atom is 0.248 e. The summed E-state index contributed by atoms with van der Waals surface area (Å²) < 4.78 is 68.8. The monoisotopic (exact) mass is 770 g/mol. The Bertz CT molecular complexity index is 2270. The molecule has 16 heteroatoms. The molecule has 0 aliphatic rings. The third-order valence-corrected chi connectivity index (χ3v) is 13.4. The van der Waals surface area contributed by atoms with Gasteiger partial charge in [-0.05, 0) is 65.0 Å². The number of hydrogen-bond acceptors (Lipinski definition) is 10. The zero-order valence-corrected chi connectivity index (χ0v) is 33.7. The lowest BCUT2D eigenvalue weighted by Crippen LogP contribution is -2.45. The molecule has 0 aliphatic carbocycles. The molecule has 4 rings (SSSR count). The van der Waals surface area contributed by atoms with Crippen LogP contribution in [0.2, 0.25) is 0 Å². The molecule has 0 fully saturated rings. The molecule has 2 heterocycles. The minimum Gasteiger partial charge on any atom is -0.338 e. The molecule has 0 aliphatic heterocycles. The number of carbonyl (C=O) groups excluding carboxylic acids is 2. The molecule has 0 unspecified atom stereocenters. The summed E-state index contributed by atoms with van der Waals surface area (Å²) in [4.78, 5) is 24.9. The van der Waals surface area contributed by atoms with Crippen LogP contribution in [0.1, 0.15) is 91.8 Å². The third kappa shape index (κ3) is 9.02. The number of anilines is 2. The van der Waals surface area contributed by atoms with Crippen LogP contribution in [0.15, 0.2) is 68.9 Å². The largest absolute Gasteiger partial charge is 0.338 e. The first-order valence-electron chi connectivity index (χ1n) is 16.5. The molecule has 0 bridgehead atoms. The summed E-state index contributed by atoms with van der Waals surface area (Å²) in [6.45, 7) is 18.8. The van der Waals surface area contributed by atoms with Gasteiger partial charge < -0.3 is 9.84 Å². The van der Waals surface area contributed by atoms with Crippen LogP contribution in [0.25, 0.3) is 0 Å². The SMILES string of the molecule is Cc1ccc(S(=O)(=O)C(C)(C)C(=O)Nc2cc(C(C)(C)C)no2)cc1.Cn1nc(C(C)(C)C)cc1NC(=O)C(C)(C)S(=O)(=O)c1ccc(C#N)cc1F. The van der Waals surface area contributed by atoms with E-state index in [4.69, 9.17) is 9.78 Å². The fourth-order valence-corrected chi connectivity index (χ4v) is 7.27. The first-order chi connectivity index (χ1) is 24.1. The second-order valence-corrected chi connectivity index (χ2v) is 20.6. The molecule has 0 atom stereocenters. The predicted octanol–water partition coefficient (Wildman–Crippen LogP) is 6.39. The minimum atomic E-state index is -4.37. The van der Waals surface area contributed by atoms with E-state index < -0.39 is 51.7 Å². The Morgan fingerprint density at radius 2 is 1.30 bits per heavy atom. The summed E-state index contributed by atoms with van der Waals surface area (Å²) in [5.74, 6) is -2.11. The quantitative estimate of drug-likeness (QED) is 0.203. The second kappa shape index (κ2) is 14.9. The van der Waals surface area contributed by atoms with Crippen molar-refractivity contribution in [3.63, 3.8) is 0 Å². The number of nitrogens with zero attached hydrogens (tertiary/aromatic N) is 4. The number of carbonyl (C=O) groups is 2. The van der Waals surface area contributed by atoms with Crippen molar-refractivity contribution in [1.29, 1.82) is 5.26 Å². The highest BCUT2D eigenvalue weighted by molar-refractivity contribution is 7.94. The molecule has 0 spiro atoms. The van der Waals surface area contributed by atoms with E-state index in [2.05, 4.69) is 20.9 Å². The number of nitrogens with one attached hydrogen (secondary N) is 2. The molecule has 2 aromatic heterocycles. The van der Waals surface area contributed by atoms with Crippen LogP contribution in [0, 0.1) is 24.1 Å². The molecule has 13 nitrogen and oxygen atoms in total. The average Bonchev–Trinajstić information content (AvgIpc) is 3.68. The standard InChI is InChI=1S/C19H23FN4O3S.C18H24N2O4S/c1-18(2,3)15-10-16(24(6)23-15)22-17(25)19(4,5)28(26,27)14-8-7-12(11-21)9-13(14)20;1-12-7-9-13(10-8-12)25(22,23)18(5,6)16(21)19-15-11-14(20-24-15)17(2,3)4/h7-10H,1-6H3,(H,22,25);7-11H,1-6H3,(H,19,21). The van der Waals surface area contributed by atoms with Crippen molar-refractivity contribution < 1.29 is 35.3 Å². The Balaban J connectivity index is 0.000000287. The van der Waals surface area contributed by atoms with Crippen LogP contribution in [-0.2, 0) is 47.1 Å². The number of sulfone groups is 2. The van der Waals surface area contributed by atoms with E-state index >= 15 is 0 Å².